The van der Waals surface area contributed by atoms with E-state index in [0.29, 0.717) is 0 Å². The number of benzene rings is 12. The van der Waals surface area contributed by atoms with E-state index in [9.17, 15) is 0 Å². The van der Waals surface area contributed by atoms with Crippen LogP contribution in [0.5, 0.6) is 0 Å². The average Bonchev–Trinajstić information content (AvgIpc) is 3.64. The third kappa shape index (κ3) is 4.67. The van der Waals surface area contributed by atoms with E-state index in [0.717, 1.165) is 0 Å². The van der Waals surface area contributed by atoms with E-state index in [-0.39, 0.29) is 0 Å². The van der Waals surface area contributed by atoms with Gasteiger partial charge in [-0.05, 0) is 146 Å². The number of hydrogen-bond acceptors (Lipinski definition) is 0. The normalized spacial score (nSPS) is 12.1. The van der Waals surface area contributed by atoms with Crippen LogP contribution >= 0.6 is 0 Å². The fraction of sp³-hybridized carbons (Fsp3) is 0. The van der Waals surface area contributed by atoms with E-state index in [2.05, 4.69) is 217 Å². The van der Waals surface area contributed by atoms with Gasteiger partial charge in [-0.1, -0.05) is 164 Å². The van der Waals surface area contributed by atoms with Gasteiger partial charge >= 0.3 is 0 Å². The molecule has 0 saturated carbocycles. The lowest BCUT2D eigenvalue weighted by Crippen LogP contribution is -1.93. The molecule has 0 bridgehead atoms. The molecule has 1 nitrogen and oxygen atoms in total. The molecule has 0 aliphatic heterocycles. The molecule has 0 spiro atoms. The molecule has 0 atom stereocenters. The first kappa shape index (κ1) is 32.4. The number of rotatable bonds is 3. The molecular weight excluding hydrogens is 711 g/mol. The summed E-state index contributed by atoms with van der Waals surface area (Å²) in [5.74, 6) is 0. The smallest absolute Gasteiger partial charge is 0.0547 e. The Bertz CT molecular complexity index is 3870. The standard InChI is InChI=1S/C58H35N/c1-3-15-36(16-4-1)48-32-51-44-24-12-10-22-42(44)49(33-52(51)43-23-11-9-21-41(43)48)38-27-29-47-50(31-38)45-25-13-14-26-46(45)53-34-55-57(35-54(47)53)59(39-18-5-2-6-19-39)56-30-28-37-17-7-8-20-40(37)58(55)56/h1-35H. The van der Waals surface area contributed by atoms with Crippen LogP contribution in [0.3, 0.4) is 0 Å². The van der Waals surface area contributed by atoms with Gasteiger partial charge in [-0.2, -0.15) is 0 Å². The Morgan fingerprint density at radius 3 is 1.37 bits per heavy atom. The zero-order valence-corrected chi connectivity index (χ0v) is 32.2. The first-order valence-electron chi connectivity index (χ1n) is 20.5. The molecule has 0 unspecified atom stereocenters. The zero-order valence-electron chi connectivity index (χ0n) is 32.2. The monoisotopic (exact) mass is 745 g/mol. The predicted octanol–water partition coefficient (Wildman–Crippen LogP) is 16.2. The van der Waals surface area contributed by atoms with Crippen molar-refractivity contribution in [2.75, 3.05) is 0 Å². The van der Waals surface area contributed by atoms with Gasteiger partial charge in [0.25, 0.3) is 0 Å². The number of fused-ring (bicyclic) bond motifs is 16. The Kier molecular flexibility index (Phi) is 6.79. The lowest BCUT2D eigenvalue weighted by molar-refractivity contribution is 1.18. The van der Waals surface area contributed by atoms with Gasteiger partial charge in [-0.3, -0.25) is 0 Å². The maximum atomic E-state index is 2.47. The summed E-state index contributed by atoms with van der Waals surface area (Å²) in [5.41, 5.74) is 8.60. The molecule has 59 heavy (non-hydrogen) atoms. The van der Waals surface area contributed by atoms with E-state index >= 15 is 0 Å². The van der Waals surface area contributed by atoms with Gasteiger partial charge in [0.05, 0.1) is 11.0 Å². The van der Waals surface area contributed by atoms with Crippen LogP contribution in [0.4, 0.5) is 0 Å². The summed E-state index contributed by atoms with van der Waals surface area (Å²) < 4.78 is 2.46. The van der Waals surface area contributed by atoms with E-state index in [1.54, 1.807) is 0 Å². The van der Waals surface area contributed by atoms with Crippen LogP contribution in [0.15, 0.2) is 212 Å². The number of para-hydroxylation sites is 1. The highest BCUT2D eigenvalue weighted by Gasteiger charge is 2.20. The molecule has 272 valence electrons. The Hall–Kier alpha value is -7.74. The van der Waals surface area contributed by atoms with Crippen LogP contribution in [-0.4, -0.2) is 4.57 Å². The fourth-order valence-corrected chi connectivity index (χ4v) is 10.3. The lowest BCUT2D eigenvalue weighted by atomic mass is 9.86. The van der Waals surface area contributed by atoms with Crippen molar-refractivity contribution in [3.63, 3.8) is 0 Å². The first-order chi connectivity index (χ1) is 29.3. The minimum Gasteiger partial charge on any atom is -0.309 e. The van der Waals surface area contributed by atoms with Gasteiger partial charge in [0, 0.05) is 16.5 Å². The van der Waals surface area contributed by atoms with Crippen molar-refractivity contribution >= 4 is 97.2 Å². The molecule has 13 aromatic rings. The van der Waals surface area contributed by atoms with Crippen LogP contribution in [0, 0.1) is 0 Å². The second-order valence-corrected chi connectivity index (χ2v) is 16.0. The van der Waals surface area contributed by atoms with Gasteiger partial charge in [0.15, 0.2) is 0 Å². The summed E-state index contributed by atoms with van der Waals surface area (Å²) in [6.07, 6.45) is 0. The van der Waals surface area contributed by atoms with Gasteiger partial charge in [0.2, 0.25) is 0 Å². The van der Waals surface area contributed by atoms with Crippen molar-refractivity contribution < 1.29 is 0 Å². The number of hydrogen-bond donors (Lipinski definition) is 0. The van der Waals surface area contributed by atoms with Crippen molar-refractivity contribution in [3.8, 4) is 27.9 Å². The highest BCUT2D eigenvalue weighted by atomic mass is 15.0. The molecule has 1 heteroatoms. The van der Waals surface area contributed by atoms with Gasteiger partial charge in [-0.15, -0.1) is 0 Å². The molecular formula is C58H35N. The molecule has 0 fully saturated rings. The summed E-state index contributed by atoms with van der Waals surface area (Å²) in [5, 5.41) is 20.4. The second kappa shape index (κ2) is 12.4. The van der Waals surface area contributed by atoms with Crippen LogP contribution in [0.1, 0.15) is 0 Å². The molecule has 0 saturated heterocycles. The maximum absolute atomic E-state index is 2.47. The van der Waals surface area contributed by atoms with E-state index in [1.807, 2.05) is 0 Å². The Morgan fingerprint density at radius 2 is 0.712 bits per heavy atom. The molecule has 0 radical (unpaired) electrons. The molecule has 0 aliphatic rings. The molecule has 0 aliphatic carbocycles. The third-order valence-corrected chi connectivity index (χ3v) is 12.9. The van der Waals surface area contributed by atoms with Crippen molar-refractivity contribution in [3.05, 3.63) is 212 Å². The minimum atomic E-state index is 1.17. The van der Waals surface area contributed by atoms with Gasteiger partial charge < -0.3 is 4.57 Å². The van der Waals surface area contributed by atoms with Crippen LogP contribution < -0.4 is 0 Å². The quantitative estimate of drug-likeness (QED) is 0.159. The van der Waals surface area contributed by atoms with Crippen molar-refractivity contribution in [2.45, 2.75) is 0 Å². The van der Waals surface area contributed by atoms with Crippen LogP contribution in [-0.2, 0) is 0 Å². The molecule has 0 N–H and O–H groups in total. The zero-order chi connectivity index (χ0) is 38.6. The average molecular weight is 746 g/mol. The summed E-state index contributed by atoms with van der Waals surface area (Å²) in [4.78, 5) is 0. The molecule has 0 amide bonds. The topological polar surface area (TPSA) is 4.93 Å². The van der Waals surface area contributed by atoms with Crippen molar-refractivity contribution in [2.24, 2.45) is 0 Å². The minimum absolute atomic E-state index is 1.17. The van der Waals surface area contributed by atoms with Crippen molar-refractivity contribution in [1.29, 1.82) is 0 Å². The van der Waals surface area contributed by atoms with Crippen LogP contribution in [0.2, 0.25) is 0 Å². The lowest BCUT2D eigenvalue weighted by Gasteiger charge is -2.17. The van der Waals surface area contributed by atoms with E-state index in [4.69, 9.17) is 0 Å². The highest BCUT2D eigenvalue weighted by Crippen LogP contribution is 2.46. The summed E-state index contributed by atoms with van der Waals surface area (Å²) in [7, 11) is 0. The highest BCUT2D eigenvalue weighted by molar-refractivity contribution is 6.31. The SMILES string of the molecule is c1ccc(-c2cc3c4ccccc4c(-c4ccc5c(c4)c4ccccc4c4cc6c7c8ccccc8ccc7n(-c7ccccc7)c6cc54)cc3c3ccccc23)cc1. The largest absolute Gasteiger partial charge is 0.309 e. The third-order valence-electron chi connectivity index (χ3n) is 12.9. The second-order valence-electron chi connectivity index (χ2n) is 16.0. The summed E-state index contributed by atoms with van der Waals surface area (Å²) in [6, 6.07) is 78.9. The summed E-state index contributed by atoms with van der Waals surface area (Å²) >= 11 is 0. The van der Waals surface area contributed by atoms with Gasteiger partial charge in [0.1, 0.15) is 0 Å². The fourth-order valence-electron chi connectivity index (χ4n) is 10.3. The number of nitrogens with zero attached hydrogens (tertiary/aromatic N) is 1. The number of aromatic nitrogens is 1. The molecule has 1 heterocycles. The summed E-state index contributed by atoms with van der Waals surface area (Å²) in [6.45, 7) is 0. The Labute approximate surface area is 340 Å². The maximum Gasteiger partial charge on any atom is 0.0547 e. The van der Waals surface area contributed by atoms with Crippen LogP contribution in [0.25, 0.3) is 125 Å². The van der Waals surface area contributed by atoms with Crippen molar-refractivity contribution in [1.82, 2.24) is 4.57 Å². The Balaban J connectivity index is 1.12. The van der Waals surface area contributed by atoms with E-state index < -0.39 is 0 Å². The first-order valence-corrected chi connectivity index (χ1v) is 20.5. The molecule has 12 aromatic carbocycles. The predicted molar refractivity (Wildman–Crippen MR) is 254 cm³/mol. The van der Waals surface area contributed by atoms with Gasteiger partial charge in [-0.25, -0.2) is 0 Å². The molecule has 1 aromatic heterocycles. The van der Waals surface area contributed by atoms with E-state index in [1.165, 1.54) is 125 Å². The molecule has 13 rings (SSSR count). The Morgan fingerprint density at radius 1 is 0.237 bits per heavy atom.